The molecular formula is C28H35N7O4S2. The van der Waals surface area contributed by atoms with Gasteiger partial charge in [0.1, 0.15) is 23.2 Å². The second-order valence-corrected chi connectivity index (χ2v) is 12.6. The predicted molar refractivity (Wildman–Crippen MR) is 160 cm³/mol. The maximum absolute atomic E-state index is 13.5. The van der Waals surface area contributed by atoms with Crippen molar-refractivity contribution in [3.63, 3.8) is 0 Å². The van der Waals surface area contributed by atoms with Gasteiger partial charge in [-0.2, -0.15) is 0 Å². The van der Waals surface area contributed by atoms with E-state index in [1.807, 2.05) is 38.2 Å². The summed E-state index contributed by atoms with van der Waals surface area (Å²) in [5, 5.41) is 13.9. The van der Waals surface area contributed by atoms with E-state index in [-0.39, 0.29) is 17.9 Å². The molecule has 2 amide bonds. The van der Waals surface area contributed by atoms with Crippen LogP contribution in [0.3, 0.4) is 0 Å². The Hall–Kier alpha value is -3.42. The van der Waals surface area contributed by atoms with Crippen LogP contribution in [0.5, 0.6) is 5.75 Å². The van der Waals surface area contributed by atoms with Crippen LogP contribution in [0.1, 0.15) is 41.5 Å². The van der Waals surface area contributed by atoms with E-state index in [0.29, 0.717) is 54.3 Å². The molecular weight excluding hydrogens is 562 g/mol. The zero-order valence-electron chi connectivity index (χ0n) is 23.7. The van der Waals surface area contributed by atoms with Crippen LogP contribution in [-0.4, -0.2) is 94.2 Å². The van der Waals surface area contributed by atoms with Gasteiger partial charge in [0.15, 0.2) is 5.13 Å². The fourth-order valence-electron chi connectivity index (χ4n) is 4.96. The Bertz CT molecular complexity index is 1420. The van der Waals surface area contributed by atoms with Crippen LogP contribution in [0.15, 0.2) is 33.5 Å². The van der Waals surface area contributed by atoms with Crippen LogP contribution >= 0.6 is 23.1 Å². The number of aliphatic hydroxyl groups excluding tert-OH is 1. The maximum atomic E-state index is 13.5. The average molecular weight is 598 g/mol. The van der Waals surface area contributed by atoms with Crippen LogP contribution in [0.25, 0.3) is 0 Å². The lowest BCUT2D eigenvalue weighted by atomic mass is 10.1. The molecule has 0 spiro atoms. The monoisotopic (exact) mass is 597 g/mol. The molecule has 218 valence electrons. The highest BCUT2D eigenvalue weighted by atomic mass is 32.2. The molecule has 5 rings (SSSR count). The van der Waals surface area contributed by atoms with E-state index >= 15 is 0 Å². The number of carbonyl (C=O) groups is 2. The summed E-state index contributed by atoms with van der Waals surface area (Å²) in [6, 6.07) is 5.70. The van der Waals surface area contributed by atoms with Gasteiger partial charge in [0.2, 0.25) is 5.91 Å². The van der Waals surface area contributed by atoms with Gasteiger partial charge >= 0.3 is 0 Å². The molecule has 2 aliphatic heterocycles. The molecule has 0 radical (unpaired) electrons. The molecule has 2 aromatic heterocycles. The Morgan fingerprint density at radius 3 is 2.44 bits per heavy atom. The SMILES string of the molecule is COc1cc(C)c(Sc2cnc(Nc3cc(N4CCC(O)CC4)nc(C)n3)s2)cc1C(=O)N1CCN(C(C)=O)CC1. The number of hydrogen-bond donors (Lipinski definition) is 2. The quantitative estimate of drug-likeness (QED) is 0.417. The number of methoxy groups -OCH3 is 1. The van der Waals surface area contributed by atoms with Crippen LogP contribution in [0.4, 0.5) is 16.8 Å². The number of ether oxygens (including phenoxy) is 1. The van der Waals surface area contributed by atoms with Crippen molar-refractivity contribution < 1.29 is 19.4 Å². The number of hydrogen-bond acceptors (Lipinski definition) is 11. The number of anilines is 3. The first-order valence-corrected chi connectivity index (χ1v) is 15.3. The van der Waals surface area contributed by atoms with Gasteiger partial charge in [0.05, 0.1) is 29.2 Å². The lowest BCUT2D eigenvalue weighted by molar-refractivity contribution is -0.130. The van der Waals surface area contributed by atoms with Gasteiger partial charge in [-0.3, -0.25) is 9.59 Å². The molecule has 11 nitrogen and oxygen atoms in total. The first kappa shape index (κ1) is 29.1. The van der Waals surface area contributed by atoms with Gasteiger partial charge in [-0.1, -0.05) is 23.1 Å². The summed E-state index contributed by atoms with van der Waals surface area (Å²) in [4.78, 5) is 45.5. The third-order valence-corrected chi connectivity index (χ3v) is 9.46. The molecule has 0 aliphatic carbocycles. The number of carbonyl (C=O) groups excluding carboxylic acids is 2. The fraction of sp³-hybridized carbons (Fsp3) is 0.464. The van der Waals surface area contributed by atoms with E-state index in [1.165, 1.54) is 11.3 Å². The van der Waals surface area contributed by atoms with Crippen molar-refractivity contribution >= 4 is 51.7 Å². The summed E-state index contributed by atoms with van der Waals surface area (Å²) in [5.41, 5.74) is 1.50. The smallest absolute Gasteiger partial charge is 0.257 e. The summed E-state index contributed by atoms with van der Waals surface area (Å²) in [5.74, 6) is 2.64. The molecule has 4 heterocycles. The number of aryl methyl sites for hydroxylation is 2. The summed E-state index contributed by atoms with van der Waals surface area (Å²) >= 11 is 3.05. The van der Waals surface area contributed by atoms with Crippen LogP contribution in [-0.2, 0) is 4.79 Å². The Morgan fingerprint density at radius 2 is 1.76 bits per heavy atom. The highest BCUT2D eigenvalue weighted by Gasteiger charge is 2.26. The third kappa shape index (κ3) is 6.91. The first-order valence-electron chi connectivity index (χ1n) is 13.6. The van der Waals surface area contributed by atoms with Crippen molar-refractivity contribution in [2.24, 2.45) is 0 Å². The van der Waals surface area contributed by atoms with Crippen molar-refractivity contribution in [3.05, 3.63) is 41.3 Å². The van der Waals surface area contributed by atoms with E-state index < -0.39 is 0 Å². The van der Waals surface area contributed by atoms with E-state index in [9.17, 15) is 14.7 Å². The van der Waals surface area contributed by atoms with Crippen LogP contribution < -0.4 is 15.0 Å². The summed E-state index contributed by atoms with van der Waals surface area (Å²) in [6.45, 7) is 8.98. The number of benzene rings is 1. The minimum Gasteiger partial charge on any atom is -0.496 e. The molecule has 0 atom stereocenters. The number of piperazine rings is 1. The summed E-state index contributed by atoms with van der Waals surface area (Å²) < 4.78 is 6.54. The van der Waals surface area contributed by atoms with E-state index in [2.05, 4.69) is 25.2 Å². The average Bonchev–Trinajstić information content (AvgIpc) is 3.40. The van der Waals surface area contributed by atoms with Crippen molar-refractivity contribution in [3.8, 4) is 5.75 Å². The normalized spacial score (nSPS) is 16.2. The number of amides is 2. The largest absolute Gasteiger partial charge is 0.496 e. The van der Waals surface area contributed by atoms with Crippen molar-refractivity contribution in [2.45, 2.75) is 48.8 Å². The Labute approximate surface area is 247 Å². The standard InChI is InChI=1S/C28H35N7O4S2/c1-17-13-22(39-4)21(27(38)35-11-9-33(10-12-35)19(3)36)14-23(17)40-26-16-29-28(41-26)32-24-15-25(31-18(2)30-24)34-7-5-20(37)6-8-34/h13-16,20,37H,5-12H2,1-4H3,(H,29,30,31,32). The summed E-state index contributed by atoms with van der Waals surface area (Å²) in [6.07, 6.45) is 3.02. The van der Waals surface area contributed by atoms with E-state index in [4.69, 9.17) is 4.74 Å². The molecule has 41 heavy (non-hydrogen) atoms. The van der Waals surface area contributed by atoms with Gasteiger partial charge in [0.25, 0.3) is 5.91 Å². The number of nitrogens with zero attached hydrogens (tertiary/aromatic N) is 6. The van der Waals surface area contributed by atoms with Crippen molar-refractivity contribution in [1.29, 1.82) is 0 Å². The van der Waals surface area contributed by atoms with Gasteiger partial charge in [-0.15, -0.1) is 0 Å². The minimum atomic E-state index is -0.245. The summed E-state index contributed by atoms with van der Waals surface area (Å²) in [7, 11) is 1.57. The topological polar surface area (TPSA) is 124 Å². The molecule has 1 aromatic carbocycles. The van der Waals surface area contributed by atoms with E-state index in [1.54, 1.807) is 35.6 Å². The lowest BCUT2D eigenvalue weighted by Gasteiger charge is -2.34. The fourth-order valence-corrected chi connectivity index (χ4v) is 6.91. The minimum absolute atomic E-state index is 0.0279. The Morgan fingerprint density at radius 1 is 1.05 bits per heavy atom. The lowest BCUT2D eigenvalue weighted by Crippen LogP contribution is -2.50. The first-order chi connectivity index (χ1) is 19.7. The molecule has 2 aliphatic rings. The molecule has 2 fully saturated rings. The van der Waals surface area contributed by atoms with Crippen molar-refractivity contribution in [2.75, 3.05) is 56.6 Å². The number of nitrogens with one attached hydrogen (secondary N) is 1. The Balaban J connectivity index is 1.29. The van der Waals surface area contributed by atoms with E-state index in [0.717, 1.165) is 46.4 Å². The number of piperidine rings is 1. The molecule has 2 saturated heterocycles. The Kier molecular flexibility index (Phi) is 8.95. The number of rotatable bonds is 7. The third-order valence-electron chi connectivity index (χ3n) is 7.28. The van der Waals surface area contributed by atoms with Crippen molar-refractivity contribution in [1.82, 2.24) is 24.8 Å². The molecule has 0 bridgehead atoms. The highest BCUT2D eigenvalue weighted by molar-refractivity contribution is 8.01. The molecule has 0 saturated carbocycles. The number of aliphatic hydroxyl groups is 1. The van der Waals surface area contributed by atoms with Gasteiger partial charge in [0, 0.05) is 57.2 Å². The molecule has 13 heteroatoms. The molecule has 2 N–H and O–H groups in total. The van der Waals surface area contributed by atoms with Crippen LogP contribution in [0.2, 0.25) is 0 Å². The number of thiazole rings is 1. The second kappa shape index (κ2) is 12.6. The number of aromatic nitrogens is 3. The second-order valence-electron chi connectivity index (χ2n) is 10.2. The zero-order valence-corrected chi connectivity index (χ0v) is 25.3. The maximum Gasteiger partial charge on any atom is 0.257 e. The molecule has 3 aromatic rings. The van der Waals surface area contributed by atoms with Gasteiger partial charge < -0.3 is 29.9 Å². The molecule has 0 unspecified atom stereocenters. The van der Waals surface area contributed by atoms with Gasteiger partial charge in [-0.25, -0.2) is 15.0 Å². The highest BCUT2D eigenvalue weighted by Crippen LogP contribution is 2.39. The van der Waals surface area contributed by atoms with Gasteiger partial charge in [-0.05, 0) is 44.4 Å². The van der Waals surface area contributed by atoms with Crippen LogP contribution in [0, 0.1) is 13.8 Å². The zero-order chi connectivity index (χ0) is 29.1. The predicted octanol–water partition coefficient (Wildman–Crippen LogP) is 3.72.